The molecule has 0 amide bonds. The highest BCUT2D eigenvalue weighted by atomic mass is 31.2. The van der Waals surface area contributed by atoms with Crippen molar-refractivity contribution in [1.29, 1.82) is 0 Å². The SMILES string of the molecule is C=CCN1CC[C@]23c4c5ccc(OP(=O)(OCc6ccccc6)OCc6ccccc6)c4O[C@H]2C(=O)CC[C@@]3(O)C1C5. The lowest BCUT2D eigenvalue weighted by molar-refractivity contribution is -0.187. The Balaban J connectivity index is 1.26. The number of likely N-dealkylation sites (tertiary alicyclic amines) is 1. The van der Waals surface area contributed by atoms with E-state index in [4.69, 9.17) is 18.3 Å². The number of carbonyl (C=O) groups excluding carboxylic acids is 1. The predicted octanol–water partition coefficient (Wildman–Crippen LogP) is 5.52. The second-order valence-corrected chi connectivity index (χ2v) is 13.2. The zero-order valence-electron chi connectivity index (χ0n) is 23.3. The predicted molar refractivity (Wildman–Crippen MR) is 156 cm³/mol. The Labute approximate surface area is 245 Å². The Morgan fingerprint density at radius 2 is 1.67 bits per heavy atom. The molecular weight excluding hydrogens is 553 g/mol. The van der Waals surface area contributed by atoms with Gasteiger partial charge in [0, 0.05) is 31.1 Å². The van der Waals surface area contributed by atoms with Crippen molar-refractivity contribution in [1.82, 2.24) is 4.90 Å². The molecule has 2 aliphatic heterocycles. The molecule has 4 aliphatic rings. The maximum Gasteiger partial charge on any atom is 0.530 e. The first-order valence-corrected chi connectivity index (χ1v) is 15.9. The molecule has 3 aromatic carbocycles. The summed E-state index contributed by atoms with van der Waals surface area (Å²) in [5.74, 6) is 0.507. The molecule has 2 bridgehead atoms. The summed E-state index contributed by atoms with van der Waals surface area (Å²) >= 11 is 0. The van der Waals surface area contributed by atoms with Gasteiger partial charge in [-0.1, -0.05) is 72.8 Å². The zero-order valence-corrected chi connectivity index (χ0v) is 24.2. The molecular formula is C33H34NO7P. The fourth-order valence-corrected chi connectivity index (χ4v) is 8.70. The Bertz CT molecular complexity index is 1520. The standard InChI is InChI=1S/C33H34NO7P/c1-2-18-34-19-17-32-29-25-13-14-27(30(29)40-31(32)26(35)15-16-33(32,36)28(34)20-25)41-42(37,38-21-23-9-5-3-6-10-23)39-22-24-11-7-4-8-12-24/h2-14,28,31,36H,1,15-22H2/t28?,31-,32-,33+/m0/s1. The molecule has 1 spiro atoms. The van der Waals surface area contributed by atoms with Crippen LogP contribution in [0.15, 0.2) is 85.5 Å². The van der Waals surface area contributed by atoms with Gasteiger partial charge in [-0.05, 0) is 42.0 Å². The maximum absolute atomic E-state index is 14.2. The van der Waals surface area contributed by atoms with Crippen molar-refractivity contribution in [2.75, 3.05) is 13.1 Å². The summed E-state index contributed by atoms with van der Waals surface area (Å²) in [6, 6.07) is 22.3. The molecule has 1 saturated heterocycles. The third-order valence-electron chi connectivity index (χ3n) is 9.39. The topological polar surface area (TPSA) is 94.5 Å². The molecule has 218 valence electrons. The molecule has 1 saturated carbocycles. The van der Waals surface area contributed by atoms with Crippen molar-refractivity contribution >= 4 is 13.6 Å². The number of carbonyl (C=O) groups is 1. The van der Waals surface area contributed by atoms with E-state index in [1.54, 1.807) is 6.07 Å². The van der Waals surface area contributed by atoms with Crippen molar-refractivity contribution in [3.8, 4) is 11.5 Å². The van der Waals surface area contributed by atoms with E-state index in [1.807, 2.05) is 72.8 Å². The second kappa shape index (κ2) is 10.5. The lowest BCUT2D eigenvalue weighted by atomic mass is 9.49. The van der Waals surface area contributed by atoms with Gasteiger partial charge in [0.15, 0.2) is 23.4 Å². The normalized spacial score (nSPS) is 27.7. The van der Waals surface area contributed by atoms with E-state index in [-0.39, 0.29) is 37.2 Å². The number of phosphoric acid groups is 1. The highest BCUT2D eigenvalue weighted by molar-refractivity contribution is 7.48. The lowest BCUT2D eigenvalue weighted by Gasteiger charge is -2.62. The number of hydrogen-bond acceptors (Lipinski definition) is 8. The molecule has 4 atom stereocenters. The summed E-state index contributed by atoms with van der Waals surface area (Å²) in [6.07, 6.45) is 2.79. The lowest BCUT2D eigenvalue weighted by Crippen LogP contribution is -2.76. The van der Waals surface area contributed by atoms with E-state index in [0.717, 1.165) is 22.3 Å². The van der Waals surface area contributed by atoms with Crippen molar-refractivity contribution in [3.05, 3.63) is 108 Å². The summed E-state index contributed by atoms with van der Waals surface area (Å²) in [6.45, 7) is 5.30. The van der Waals surface area contributed by atoms with Crippen LogP contribution < -0.4 is 9.26 Å². The van der Waals surface area contributed by atoms with Gasteiger partial charge in [-0.25, -0.2) is 4.57 Å². The average molecular weight is 588 g/mol. The number of ether oxygens (including phenoxy) is 1. The van der Waals surface area contributed by atoms with Crippen LogP contribution in [0.4, 0.5) is 0 Å². The molecule has 0 radical (unpaired) electrons. The van der Waals surface area contributed by atoms with Crippen LogP contribution in [0.25, 0.3) is 0 Å². The van der Waals surface area contributed by atoms with Gasteiger partial charge in [0.1, 0.15) is 0 Å². The van der Waals surface area contributed by atoms with E-state index in [9.17, 15) is 14.5 Å². The molecule has 3 aromatic rings. The summed E-state index contributed by atoms with van der Waals surface area (Å²) in [4.78, 5) is 15.6. The van der Waals surface area contributed by atoms with Gasteiger partial charge in [-0.15, -0.1) is 6.58 Å². The van der Waals surface area contributed by atoms with Crippen LogP contribution >= 0.6 is 7.82 Å². The van der Waals surface area contributed by atoms with E-state index in [0.29, 0.717) is 38.1 Å². The van der Waals surface area contributed by atoms with Gasteiger partial charge in [-0.3, -0.25) is 18.7 Å². The molecule has 2 aliphatic carbocycles. The Hall–Kier alpha value is -3.26. The number of aliphatic hydroxyl groups is 1. The van der Waals surface area contributed by atoms with Gasteiger partial charge in [0.25, 0.3) is 0 Å². The fourth-order valence-electron chi connectivity index (χ4n) is 7.52. The number of hydrogen-bond donors (Lipinski definition) is 1. The maximum atomic E-state index is 14.2. The Morgan fingerprint density at radius 3 is 2.31 bits per heavy atom. The quantitative estimate of drug-likeness (QED) is 0.245. The second-order valence-electron chi connectivity index (χ2n) is 11.6. The van der Waals surface area contributed by atoms with Crippen molar-refractivity contribution in [2.24, 2.45) is 0 Å². The third-order valence-corrected chi connectivity index (χ3v) is 10.7. The van der Waals surface area contributed by atoms with Crippen molar-refractivity contribution in [3.63, 3.8) is 0 Å². The summed E-state index contributed by atoms with van der Waals surface area (Å²) < 4.78 is 38.5. The first-order valence-electron chi connectivity index (χ1n) is 14.5. The van der Waals surface area contributed by atoms with E-state index in [2.05, 4.69) is 11.5 Å². The average Bonchev–Trinajstić information content (AvgIpc) is 3.37. The highest BCUT2D eigenvalue weighted by Gasteiger charge is 2.73. The number of rotatable bonds is 10. The van der Waals surface area contributed by atoms with E-state index >= 15 is 0 Å². The van der Waals surface area contributed by atoms with Crippen LogP contribution in [-0.2, 0) is 43.5 Å². The number of benzene rings is 3. The molecule has 9 heteroatoms. The van der Waals surface area contributed by atoms with Crippen LogP contribution in [0.1, 0.15) is 41.5 Å². The van der Waals surface area contributed by atoms with Gasteiger partial charge in [0.2, 0.25) is 0 Å². The third kappa shape index (κ3) is 4.28. The Morgan fingerprint density at radius 1 is 1.00 bits per heavy atom. The number of phosphoric ester groups is 1. The largest absolute Gasteiger partial charge is 0.530 e. The molecule has 2 fully saturated rings. The molecule has 0 aromatic heterocycles. The zero-order chi connectivity index (χ0) is 29.0. The first-order chi connectivity index (χ1) is 20.4. The Kier molecular flexibility index (Phi) is 6.87. The summed E-state index contributed by atoms with van der Waals surface area (Å²) in [5, 5.41) is 12.4. The molecule has 1 unspecified atom stereocenters. The molecule has 2 heterocycles. The van der Waals surface area contributed by atoms with Crippen molar-refractivity contribution in [2.45, 2.75) is 62.1 Å². The monoisotopic (exact) mass is 587 g/mol. The minimum Gasteiger partial charge on any atom is -0.477 e. The number of nitrogens with zero attached hydrogens (tertiary/aromatic N) is 1. The van der Waals surface area contributed by atoms with Crippen LogP contribution in [-0.4, -0.2) is 46.6 Å². The fraction of sp³-hybridized carbons (Fsp3) is 0.364. The van der Waals surface area contributed by atoms with Gasteiger partial charge in [-0.2, -0.15) is 0 Å². The number of piperidine rings is 1. The summed E-state index contributed by atoms with van der Waals surface area (Å²) in [7, 11) is -4.18. The van der Waals surface area contributed by atoms with Gasteiger partial charge in [0.05, 0.1) is 24.2 Å². The van der Waals surface area contributed by atoms with E-state index < -0.39 is 24.9 Å². The molecule has 7 rings (SSSR count). The van der Waals surface area contributed by atoms with Gasteiger partial charge < -0.3 is 14.4 Å². The summed E-state index contributed by atoms with van der Waals surface area (Å²) in [5.41, 5.74) is 1.38. The minimum absolute atomic E-state index is 0.0135. The smallest absolute Gasteiger partial charge is 0.477 e. The molecule has 1 N–H and O–H groups in total. The van der Waals surface area contributed by atoms with E-state index in [1.165, 1.54) is 0 Å². The first kappa shape index (κ1) is 27.6. The van der Waals surface area contributed by atoms with Crippen molar-refractivity contribution < 1.29 is 32.8 Å². The number of ketones is 1. The van der Waals surface area contributed by atoms with Gasteiger partial charge >= 0.3 is 7.82 Å². The highest BCUT2D eigenvalue weighted by Crippen LogP contribution is 2.66. The minimum atomic E-state index is -4.18. The van der Waals surface area contributed by atoms with Crippen LogP contribution in [0.2, 0.25) is 0 Å². The molecule has 8 nitrogen and oxygen atoms in total. The molecule has 42 heavy (non-hydrogen) atoms. The number of Topliss-reactive ketones (excluding diaryl/α,β-unsaturated/α-hetero) is 1. The van der Waals surface area contributed by atoms with Crippen LogP contribution in [0.3, 0.4) is 0 Å². The van der Waals surface area contributed by atoms with Crippen LogP contribution in [0, 0.1) is 0 Å². The van der Waals surface area contributed by atoms with Crippen LogP contribution in [0.5, 0.6) is 11.5 Å².